The second kappa shape index (κ2) is 7.74. The highest BCUT2D eigenvalue weighted by molar-refractivity contribution is 5.88. The van der Waals surface area contributed by atoms with Crippen LogP contribution in [-0.2, 0) is 6.42 Å². The van der Waals surface area contributed by atoms with Crippen LogP contribution in [0.25, 0.3) is 33.8 Å². The molecule has 6 nitrogen and oxygen atoms in total. The zero-order valence-corrected chi connectivity index (χ0v) is 18.1. The molecule has 0 saturated carbocycles. The van der Waals surface area contributed by atoms with Gasteiger partial charge in [-0.05, 0) is 54.7 Å². The SMILES string of the molecule is C=Cn1ccc2ccn(-c3cc(N[C@@H]4CCCc5ccccc54)cc4nccnc34)c(=O)c21. The quantitative estimate of drug-likeness (QED) is 0.416. The van der Waals surface area contributed by atoms with E-state index in [-0.39, 0.29) is 11.6 Å². The van der Waals surface area contributed by atoms with Gasteiger partial charge >= 0.3 is 0 Å². The molecule has 0 aliphatic heterocycles. The number of hydrogen-bond acceptors (Lipinski definition) is 4. The topological polar surface area (TPSA) is 64.7 Å². The summed E-state index contributed by atoms with van der Waals surface area (Å²) < 4.78 is 3.41. The minimum atomic E-state index is -0.121. The van der Waals surface area contributed by atoms with Crippen LogP contribution in [-0.4, -0.2) is 19.1 Å². The lowest BCUT2D eigenvalue weighted by Gasteiger charge is -2.27. The van der Waals surface area contributed by atoms with Crippen molar-refractivity contribution in [3.63, 3.8) is 0 Å². The molecule has 1 aliphatic rings. The van der Waals surface area contributed by atoms with E-state index in [9.17, 15) is 4.79 Å². The maximum absolute atomic E-state index is 13.5. The molecule has 0 spiro atoms. The summed E-state index contributed by atoms with van der Waals surface area (Å²) in [7, 11) is 0. The molecule has 3 heterocycles. The molecule has 5 aromatic rings. The molecule has 2 aromatic carbocycles. The second-order valence-electron chi connectivity index (χ2n) is 8.41. The van der Waals surface area contributed by atoms with E-state index in [0.29, 0.717) is 16.7 Å². The summed E-state index contributed by atoms with van der Waals surface area (Å²) in [5.74, 6) is 0. The average Bonchev–Trinajstić information content (AvgIpc) is 3.28. The van der Waals surface area contributed by atoms with Crippen LogP contribution >= 0.6 is 0 Å². The standard InChI is InChI=1S/C27H23N5O/c1-2-31-14-10-19-11-15-32(27(33)26(19)31)24-17-20(16-23-25(24)29-13-12-28-23)30-22-9-5-7-18-6-3-4-8-21(18)22/h2-4,6,8,10-17,22,30H,1,5,7,9H2/t22-/m1/s1. The Morgan fingerprint density at radius 2 is 1.91 bits per heavy atom. The van der Waals surface area contributed by atoms with Gasteiger partial charge in [-0.25, -0.2) is 0 Å². The number of rotatable bonds is 4. The molecule has 3 aromatic heterocycles. The van der Waals surface area contributed by atoms with Crippen LogP contribution < -0.4 is 10.9 Å². The Balaban J connectivity index is 1.52. The van der Waals surface area contributed by atoms with Gasteiger partial charge < -0.3 is 9.88 Å². The Morgan fingerprint density at radius 1 is 1.06 bits per heavy atom. The van der Waals surface area contributed by atoms with Gasteiger partial charge in [0.25, 0.3) is 5.56 Å². The number of nitrogens with zero attached hydrogens (tertiary/aromatic N) is 4. The molecule has 162 valence electrons. The summed E-state index contributed by atoms with van der Waals surface area (Å²) in [5.41, 5.74) is 6.26. The monoisotopic (exact) mass is 433 g/mol. The predicted molar refractivity (Wildman–Crippen MR) is 133 cm³/mol. The second-order valence-corrected chi connectivity index (χ2v) is 8.41. The van der Waals surface area contributed by atoms with Gasteiger partial charge in [0.1, 0.15) is 11.0 Å². The first kappa shape index (κ1) is 19.5. The molecule has 0 bridgehead atoms. The lowest BCUT2D eigenvalue weighted by molar-refractivity contribution is 0.600. The maximum atomic E-state index is 13.5. The number of benzene rings is 2. The molecule has 1 N–H and O–H groups in total. The summed E-state index contributed by atoms with van der Waals surface area (Å²) in [6.45, 7) is 3.83. The van der Waals surface area contributed by atoms with Crippen LogP contribution in [0.15, 0.2) is 84.7 Å². The molecular formula is C27H23N5O. The molecule has 33 heavy (non-hydrogen) atoms. The summed E-state index contributed by atoms with van der Waals surface area (Å²) in [6, 6.07) is 16.7. The Hall–Kier alpha value is -4.19. The third kappa shape index (κ3) is 3.22. The van der Waals surface area contributed by atoms with Crippen molar-refractivity contribution >= 4 is 33.8 Å². The number of pyridine rings is 1. The van der Waals surface area contributed by atoms with E-state index in [1.165, 1.54) is 11.1 Å². The molecular weight excluding hydrogens is 410 g/mol. The van der Waals surface area contributed by atoms with E-state index >= 15 is 0 Å². The number of hydrogen-bond donors (Lipinski definition) is 1. The molecule has 1 aliphatic carbocycles. The average molecular weight is 434 g/mol. The van der Waals surface area contributed by atoms with Crippen molar-refractivity contribution in [1.82, 2.24) is 19.1 Å². The van der Waals surface area contributed by atoms with Crippen LogP contribution in [0.5, 0.6) is 0 Å². The largest absolute Gasteiger partial charge is 0.378 e. The van der Waals surface area contributed by atoms with Gasteiger partial charge in [-0.1, -0.05) is 30.8 Å². The predicted octanol–water partition coefficient (Wildman–Crippen LogP) is 5.33. The smallest absolute Gasteiger partial charge is 0.279 e. The Kier molecular flexibility index (Phi) is 4.57. The normalized spacial score (nSPS) is 15.5. The van der Waals surface area contributed by atoms with Crippen LogP contribution in [0.2, 0.25) is 0 Å². The number of aromatic nitrogens is 4. The fraction of sp³-hybridized carbons (Fsp3) is 0.148. The minimum absolute atomic E-state index is 0.121. The highest BCUT2D eigenvalue weighted by Crippen LogP contribution is 2.34. The zero-order valence-electron chi connectivity index (χ0n) is 18.1. The zero-order chi connectivity index (χ0) is 22.4. The summed E-state index contributed by atoms with van der Waals surface area (Å²) >= 11 is 0. The minimum Gasteiger partial charge on any atom is -0.378 e. The first-order valence-electron chi connectivity index (χ1n) is 11.2. The summed E-state index contributed by atoms with van der Waals surface area (Å²) in [4.78, 5) is 22.6. The van der Waals surface area contributed by atoms with Crippen LogP contribution in [0.4, 0.5) is 5.69 Å². The Bertz CT molecular complexity index is 1580. The van der Waals surface area contributed by atoms with E-state index in [1.807, 2.05) is 30.5 Å². The lowest BCUT2D eigenvalue weighted by atomic mass is 9.87. The number of fused-ring (bicyclic) bond motifs is 3. The molecule has 0 amide bonds. The van der Waals surface area contributed by atoms with E-state index in [1.54, 1.807) is 33.9 Å². The van der Waals surface area contributed by atoms with Gasteiger partial charge in [0.2, 0.25) is 0 Å². The first-order valence-corrected chi connectivity index (χ1v) is 11.2. The number of nitrogens with one attached hydrogen (secondary N) is 1. The van der Waals surface area contributed by atoms with Crippen LogP contribution in [0.3, 0.4) is 0 Å². The van der Waals surface area contributed by atoms with Crippen molar-refractivity contribution in [2.45, 2.75) is 25.3 Å². The molecule has 6 rings (SSSR count). The van der Waals surface area contributed by atoms with Crippen molar-refractivity contribution in [2.24, 2.45) is 0 Å². The molecule has 0 radical (unpaired) electrons. The van der Waals surface area contributed by atoms with Gasteiger partial charge in [-0.15, -0.1) is 0 Å². The molecule has 0 saturated heterocycles. The Morgan fingerprint density at radius 3 is 2.82 bits per heavy atom. The van der Waals surface area contributed by atoms with Crippen molar-refractivity contribution in [3.05, 3.63) is 101 Å². The van der Waals surface area contributed by atoms with Gasteiger partial charge in [-0.2, -0.15) is 0 Å². The summed E-state index contributed by atoms with van der Waals surface area (Å²) in [6.07, 6.45) is 12.0. The maximum Gasteiger partial charge on any atom is 0.279 e. The first-order chi connectivity index (χ1) is 16.2. The highest BCUT2D eigenvalue weighted by atomic mass is 16.1. The fourth-order valence-electron chi connectivity index (χ4n) is 4.94. The van der Waals surface area contributed by atoms with Crippen molar-refractivity contribution < 1.29 is 0 Å². The molecule has 1 atom stereocenters. The van der Waals surface area contributed by atoms with Crippen molar-refractivity contribution in [3.8, 4) is 5.69 Å². The lowest BCUT2D eigenvalue weighted by Crippen LogP contribution is -2.20. The van der Waals surface area contributed by atoms with Crippen LogP contribution in [0.1, 0.15) is 30.0 Å². The summed E-state index contributed by atoms with van der Waals surface area (Å²) in [5, 5.41) is 4.58. The van der Waals surface area contributed by atoms with E-state index < -0.39 is 0 Å². The third-order valence-corrected chi connectivity index (χ3v) is 6.49. The highest BCUT2D eigenvalue weighted by Gasteiger charge is 2.21. The number of anilines is 1. The number of aryl methyl sites for hydroxylation is 1. The van der Waals surface area contributed by atoms with E-state index in [2.05, 4.69) is 46.1 Å². The Labute approximate surface area is 190 Å². The van der Waals surface area contributed by atoms with Gasteiger partial charge in [0.05, 0.1) is 17.2 Å². The van der Waals surface area contributed by atoms with Crippen molar-refractivity contribution in [2.75, 3.05) is 5.32 Å². The van der Waals surface area contributed by atoms with Gasteiger partial charge in [0, 0.05) is 42.1 Å². The molecule has 0 fully saturated rings. The fourth-order valence-corrected chi connectivity index (χ4v) is 4.94. The third-order valence-electron chi connectivity index (χ3n) is 6.49. The molecule has 6 heteroatoms. The van der Waals surface area contributed by atoms with Crippen molar-refractivity contribution in [1.29, 1.82) is 0 Å². The van der Waals surface area contributed by atoms with E-state index in [4.69, 9.17) is 0 Å². The van der Waals surface area contributed by atoms with Gasteiger partial charge in [-0.3, -0.25) is 19.3 Å². The van der Waals surface area contributed by atoms with Gasteiger partial charge in [0.15, 0.2) is 0 Å². The molecule has 0 unspecified atom stereocenters. The van der Waals surface area contributed by atoms with Crippen LogP contribution in [0, 0.1) is 0 Å². The van der Waals surface area contributed by atoms with E-state index in [0.717, 1.165) is 35.9 Å².